The van der Waals surface area contributed by atoms with Gasteiger partial charge in [0.05, 0.1) is 24.9 Å². The van der Waals surface area contributed by atoms with E-state index in [0.29, 0.717) is 5.75 Å². The number of halogens is 3. The van der Waals surface area contributed by atoms with Crippen LogP contribution in [0.15, 0.2) is 18.3 Å². The summed E-state index contributed by atoms with van der Waals surface area (Å²) in [5.74, 6) is 0.357. The second kappa shape index (κ2) is 7.33. The molecule has 0 fully saturated rings. The molecule has 0 aromatic carbocycles. The molecule has 0 saturated heterocycles. The van der Waals surface area contributed by atoms with Crippen molar-refractivity contribution in [3.63, 3.8) is 0 Å². The van der Waals surface area contributed by atoms with Crippen LogP contribution in [0.1, 0.15) is 38.4 Å². The second-order valence-electron chi connectivity index (χ2n) is 4.31. The van der Waals surface area contributed by atoms with Crippen molar-refractivity contribution in [3.8, 4) is 5.75 Å². The van der Waals surface area contributed by atoms with E-state index < -0.39 is 12.6 Å². The quantitative estimate of drug-likeness (QED) is 0.828. The molecule has 0 spiro atoms. The third-order valence-electron chi connectivity index (χ3n) is 2.56. The van der Waals surface area contributed by atoms with E-state index in [9.17, 15) is 13.2 Å². The Morgan fingerprint density at radius 1 is 1.37 bits per heavy atom. The first kappa shape index (κ1) is 15.8. The van der Waals surface area contributed by atoms with Crippen LogP contribution in [0.2, 0.25) is 0 Å². The summed E-state index contributed by atoms with van der Waals surface area (Å²) in [6.07, 6.45) is -2.66. The first-order valence-corrected chi connectivity index (χ1v) is 6.31. The molecule has 0 bridgehead atoms. The highest BCUT2D eigenvalue weighted by molar-refractivity contribution is 5.21. The van der Waals surface area contributed by atoms with Gasteiger partial charge in [-0.2, -0.15) is 13.2 Å². The van der Waals surface area contributed by atoms with Gasteiger partial charge in [0.25, 0.3) is 0 Å². The van der Waals surface area contributed by atoms with Gasteiger partial charge in [-0.3, -0.25) is 4.98 Å². The van der Waals surface area contributed by atoms with Gasteiger partial charge in [0.1, 0.15) is 5.75 Å². The Labute approximate surface area is 111 Å². The smallest absolute Gasteiger partial charge is 0.392 e. The van der Waals surface area contributed by atoms with Gasteiger partial charge in [0.15, 0.2) is 0 Å². The van der Waals surface area contributed by atoms with Crippen LogP contribution in [0.5, 0.6) is 5.75 Å². The van der Waals surface area contributed by atoms with Gasteiger partial charge in [-0.05, 0) is 32.0 Å². The zero-order chi connectivity index (χ0) is 14.3. The molecular formula is C13H19F3N2O. The molecule has 1 heterocycles. The van der Waals surface area contributed by atoms with Gasteiger partial charge in [-0.15, -0.1) is 0 Å². The Balaban J connectivity index is 2.43. The van der Waals surface area contributed by atoms with Crippen molar-refractivity contribution in [3.05, 3.63) is 24.0 Å². The lowest BCUT2D eigenvalue weighted by Gasteiger charge is -2.13. The van der Waals surface area contributed by atoms with Crippen LogP contribution in [-0.4, -0.2) is 24.3 Å². The Morgan fingerprint density at radius 3 is 2.63 bits per heavy atom. The first-order valence-electron chi connectivity index (χ1n) is 6.31. The number of hydrogen-bond donors (Lipinski definition) is 1. The summed E-state index contributed by atoms with van der Waals surface area (Å²) in [5, 5.41) is 3.28. The normalized spacial score (nSPS) is 13.3. The molecule has 1 N–H and O–H groups in total. The lowest BCUT2D eigenvalue weighted by Crippen LogP contribution is -2.20. The summed E-state index contributed by atoms with van der Waals surface area (Å²) >= 11 is 0. The highest BCUT2D eigenvalue weighted by Gasteiger charge is 2.26. The lowest BCUT2D eigenvalue weighted by molar-refractivity contribution is -0.139. The van der Waals surface area contributed by atoms with E-state index in [4.69, 9.17) is 4.74 Å². The van der Waals surface area contributed by atoms with Gasteiger partial charge >= 0.3 is 6.18 Å². The Kier molecular flexibility index (Phi) is 6.08. The van der Waals surface area contributed by atoms with Gasteiger partial charge in [-0.25, -0.2) is 0 Å². The molecule has 1 atom stereocenters. The van der Waals surface area contributed by atoms with Gasteiger partial charge < -0.3 is 10.1 Å². The molecule has 19 heavy (non-hydrogen) atoms. The predicted octanol–water partition coefficient (Wildman–Crippen LogP) is 3.47. The van der Waals surface area contributed by atoms with Gasteiger partial charge in [-0.1, -0.05) is 6.92 Å². The van der Waals surface area contributed by atoms with Gasteiger partial charge in [0.2, 0.25) is 0 Å². The van der Waals surface area contributed by atoms with Crippen molar-refractivity contribution in [2.24, 2.45) is 0 Å². The molecule has 1 rings (SSSR count). The van der Waals surface area contributed by atoms with E-state index in [1.165, 1.54) is 6.20 Å². The maximum atomic E-state index is 11.9. The lowest BCUT2D eigenvalue weighted by atomic mass is 10.2. The largest absolute Gasteiger partial charge is 0.492 e. The third-order valence-corrected chi connectivity index (χ3v) is 2.56. The topological polar surface area (TPSA) is 34.1 Å². The molecule has 1 aromatic heterocycles. The Hall–Kier alpha value is -1.30. The number of nitrogens with one attached hydrogen (secondary N) is 1. The third kappa shape index (κ3) is 6.42. The van der Waals surface area contributed by atoms with Gasteiger partial charge in [0, 0.05) is 6.04 Å². The highest BCUT2D eigenvalue weighted by Crippen LogP contribution is 2.20. The minimum absolute atomic E-state index is 0.115. The molecule has 0 saturated carbocycles. The average molecular weight is 276 g/mol. The van der Waals surface area contributed by atoms with Crippen LogP contribution < -0.4 is 10.1 Å². The zero-order valence-corrected chi connectivity index (χ0v) is 11.1. The zero-order valence-electron chi connectivity index (χ0n) is 11.1. The molecule has 6 heteroatoms. The molecule has 0 aliphatic carbocycles. The standard InChI is InChI=1S/C13H19F3N2O/c1-3-7-17-10(2)12-5-4-11(9-18-12)19-8-6-13(14,15)16/h4-5,9-10,17H,3,6-8H2,1-2H3. The fourth-order valence-electron chi connectivity index (χ4n) is 1.48. The van der Waals surface area contributed by atoms with E-state index in [-0.39, 0.29) is 12.6 Å². The maximum absolute atomic E-state index is 11.9. The number of alkyl halides is 3. The van der Waals surface area contributed by atoms with Crippen LogP contribution >= 0.6 is 0 Å². The number of hydrogen-bond acceptors (Lipinski definition) is 3. The van der Waals surface area contributed by atoms with Crippen LogP contribution in [0.4, 0.5) is 13.2 Å². The van der Waals surface area contributed by atoms with Crippen molar-refractivity contribution < 1.29 is 17.9 Å². The fourth-order valence-corrected chi connectivity index (χ4v) is 1.48. The first-order chi connectivity index (χ1) is 8.92. The summed E-state index contributed by atoms with van der Waals surface area (Å²) in [6.45, 7) is 4.58. The summed E-state index contributed by atoms with van der Waals surface area (Å²) in [4.78, 5) is 4.18. The van der Waals surface area contributed by atoms with E-state index in [0.717, 1.165) is 18.7 Å². The number of ether oxygens (including phenoxy) is 1. The summed E-state index contributed by atoms with van der Waals surface area (Å²) < 4.78 is 40.8. The summed E-state index contributed by atoms with van der Waals surface area (Å²) in [7, 11) is 0. The molecule has 108 valence electrons. The molecule has 1 aromatic rings. The van der Waals surface area contributed by atoms with Crippen molar-refractivity contribution in [1.82, 2.24) is 10.3 Å². The number of rotatable bonds is 7. The Morgan fingerprint density at radius 2 is 2.11 bits per heavy atom. The molecule has 0 amide bonds. The molecular weight excluding hydrogens is 257 g/mol. The molecule has 3 nitrogen and oxygen atoms in total. The van der Waals surface area contributed by atoms with E-state index in [1.54, 1.807) is 12.1 Å². The summed E-state index contributed by atoms with van der Waals surface area (Å²) in [6, 6.07) is 3.52. The number of pyridine rings is 1. The average Bonchev–Trinajstić information content (AvgIpc) is 2.35. The molecule has 0 aliphatic heterocycles. The van der Waals surface area contributed by atoms with Crippen molar-refractivity contribution in [2.45, 2.75) is 38.9 Å². The molecule has 0 aliphatic rings. The maximum Gasteiger partial charge on any atom is 0.392 e. The predicted molar refractivity (Wildman–Crippen MR) is 67.1 cm³/mol. The van der Waals surface area contributed by atoms with Crippen LogP contribution in [0.3, 0.4) is 0 Å². The van der Waals surface area contributed by atoms with E-state index in [1.807, 2.05) is 6.92 Å². The number of aromatic nitrogens is 1. The van der Waals surface area contributed by atoms with E-state index in [2.05, 4.69) is 17.2 Å². The van der Waals surface area contributed by atoms with Crippen molar-refractivity contribution in [1.29, 1.82) is 0 Å². The van der Waals surface area contributed by atoms with Crippen LogP contribution in [0, 0.1) is 0 Å². The SMILES string of the molecule is CCCNC(C)c1ccc(OCCC(F)(F)F)cn1. The summed E-state index contributed by atoms with van der Waals surface area (Å²) in [5.41, 5.74) is 0.844. The second-order valence-corrected chi connectivity index (χ2v) is 4.31. The fraction of sp³-hybridized carbons (Fsp3) is 0.615. The number of nitrogens with zero attached hydrogens (tertiary/aromatic N) is 1. The minimum Gasteiger partial charge on any atom is -0.492 e. The van der Waals surface area contributed by atoms with Crippen molar-refractivity contribution in [2.75, 3.05) is 13.2 Å². The van der Waals surface area contributed by atoms with E-state index >= 15 is 0 Å². The minimum atomic E-state index is -4.19. The highest BCUT2D eigenvalue weighted by atomic mass is 19.4. The Bertz CT molecular complexity index is 365. The van der Waals surface area contributed by atoms with Crippen LogP contribution in [0.25, 0.3) is 0 Å². The van der Waals surface area contributed by atoms with Crippen molar-refractivity contribution >= 4 is 0 Å². The monoisotopic (exact) mass is 276 g/mol. The van der Waals surface area contributed by atoms with Crippen LogP contribution in [-0.2, 0) is 0 Å². The molecule has 1 unspecified atom stereocenters. The molecule has 0 radical (unpaired) electrons.